The van der Waals surface area contributed by atoms with Crippen molar-refractivity contribution in [2.24, 2.45) is 5.10 Å². The van der Waals surface area contributed by atoms with Gasteiger partial charge in [-0.25, -0.2) is 10.2 Å². The Morgan fingerprint density at radius 1 is 0.857 bits per heavy atom. The number of halogens is 1. The molecule has 0 aliphatic heterocycles. The first-order valence-electron chi connectivity index (χ1n) is 10.3. The van der Waals surface area contributed by atoms with Gasteiger partial charge in [0.05, 0.1) is 31.2 Å². The number of hydrogen-bond donors (Lipinski definition) is 2. The minimum Gasteiger partial charge on any atom is -0.497 e. The third-order valence-electron chi connectivity index (χ3n) is 4.75. The predicted octanol–water partition coefficient (Wildman–Crippen LogP) is 4.06. The van der Waals surface area contributed by atoms with E-state index in [1.165, 1.54) is 14.2 Å². The summed E-state index contributed by atoms with van der Waals surface area (Å²) in [5.74, 6) is -1.46. The first-order valence-corrected chi connectivity index (χ1v) is 10.6. The smallest absolute Gasteiger partial charge is 0.343 e. The molecule has 3 aromatic rings. The zero-order valence-electron chi connectivity index (χ0n) is 19.1. The molecule has 3 aromatic carbocycles. The molecule has 0 aliphatic carbocycles. The standard InChI is InChI=1S/C25H22ClN3O6/c1-15(19-6-4-5-7-21(19)35-25(32)16-8-10-17(26)11-9-16)28-29-24(31)23(30)27-20-13-12-18(33-2)14-22(20)34-3/h4-14H,1-3H3,(H,27,30)(H,29,31)/b28-15+. The second-order valence-electron chi connectivity index (χ2n) is 7.05. The summed E-state index contributed by atoms with van der Waals surface area (Å²) in [5, 5.41) is 6.93. The number of carbonyl (C=O) groups excluding carboxylic acids is 3. The van der Waals surface area contributed by atoms with Crippen LogP contribution in [0.4, 0.5) is 5.69 Å². The summed E-state index contributed by atoms with van der Waals surface area (Å²) in [5.41, 5.74) is 3.56. The third kappa shape index (κ3) is 6.58. The molecule has 10 heteroatoms. The van der Waals surface area contributed by atoms with Gasteiger partial charge in [0.15, 0.2) is 0 Å². The lowest BCUT2D eigenvalue weighted by Crippen LogP contribution is -2.33. The molecule has 0 radical (unpaired) electrons. The number of para-hydroxylation sites is 1. The van der Waals surface area contributed by atoms with Gasteiger partial charge in [-0.15, -0.1) is 0 Å². The topological polar surface area (TPSA) is 115 Å². The summed E-state index contributed by atoms with van der Waals surface area (Å²) < 4.78 is 15.8. The van der Waals surface area contributed by atoms with Crippen LogP contribution in [0.1, 0.15) is 22.8 Å². The van der Waals surface area contributed by atoms with Crippen LogP contribution in [-0.4, -0.2) is 37.7 Å². The SMILES string of the molecule is COc1ccc(NC(=O)C(=O)N/N=C(\C)c2ccccc2OC(=O)c2ccc(Cl)cc2)c(OC)c1. The van der Waals surface area contributed by atoms with Gasteiger partial charge in [0.25, 0.3) is 0 Å². The van der Waals surface area contributed by atoms with Crippen molar-refractivity contribution in [2.45, 2.75) is 6.92 Å². The zero-order valence-corrected chi connectivity index (χ0v) is 19.9. The maximum absolute atomic E-state index is 12.5. The summed E-state index contributed by atoms with van der Waals surface area (Å²) in [6.45, 7) is 1.60. The minimum absolute atomic E-state index is 0.232. The number of nitrogens with one attached hydrogen (secondary N) is 2. The van der Waals surface area contributed by atoms with Gasteiger partial charge in [0.2, 0.25) is 0 Å². The van der Waals surface area contributed by atoms with Gasteiger partial charge in [-0.1, -0.05) is 23.7 Å². The molecule has 0 unspecified atom stereocenters. The quantitative estimate of drug-likeness (QED) is 0.168. The number of hydrogen-bond acceptors (Lipinski definition) is 7. The van der Waals surface area contributed by atoms with Gasteiger partial charge in [-0.2, -0.15) is 5.10 Å². The molecule has 35 heavy (non-hydrogen) atoms. The van der Waals surface area contributed by atoms with Crippen molar-refractivity contribution >= 4 is 40.8 Å². The molecule has 0 bridgehead atoms. The largest absolute Gasteiger partial charge is 0.497 e. The number of rotatable bonds is 7. The lowest BCUT2D eigenvalue weighted by molar-refractivity contribution is -0.136. The van der Waals surface area contributed by atoms with Crippen LogP contribution in [-0.2, 0) is 9.59 Å². The van der Waals surface area contributed by atoms with Crippen LogP contribution in [0.25, 0.3) is 0 Å². The van der Waals surface area contributed by atoms with Crippen LogP contribution < -0.4 is 25.0 Å². The molecule has 2 N–H and O–H groups in total. The van der Waals surface area contributed by atoms with Crippen LogP contribution in [0, 0.1) is 0 Å². The third-order valence-corrected chi connectivity index (χ3v) is 5.00. The molecule has 0 saturated carbocycles. The summed E-state index contributed by atoms with van der Waals surface area (Å²) >= 11 is 5.86. The summed E-state index contributed by atoms with van der Waals surface area (Å²) in [6.07, 6.45) is 0. The average molecular weight is 496 g/mol. The van der Waals surface area contributed by atoms with Crippen LogP contribution in [0.5, 0.6) is 17.2 Å². The fourth-order valence-corrected chi connectivity index (χ4v) is 3.05. The van der Waals surface area contributed by atoms with Gasteiger partial charge in [0.1, 0.15) is 17.2 Å². The molecular formula is C25H22ClN3O6. The van der Waals surface area contributed by atoms with Crippen molar-refractivity contribution in [2.75, 3.05) is 19.5 Å². The van der Waals surface area contributed by atoms with Crippen molar-refractivity contribution in [1.29, 1.82) is 0 Å². The number of hydrazone groups is 1. The van der Waals surface area contributed by atoms with E-state index in [-0.39, 0.29) is 11.4 Å². The molecular weight excluding hydrogens is 474 g/mol. The first kappa shape index (κ1) is 25.3. The number of ether oxygens (including phenoxy) is 3. The number of carbonyl (C=O) groups is 3. The maximum atomic E-state index is 12.5. The molecule has 0 aliphatic rings. The van der Waals surface area contributed by atoms with E-state index in [4.69, 9.17) is 25.8 Å². The Labute approximate surface area is 206 Å². The Kier molecular flexibility index (Phi) is 8.42. The monoisotopic (exact) mass is 495 g/mol. The molecule has 0 aromatic heterocycles. The maximum Gasteiger partial charge on any atom is 0.343 e. The summed E-state index contributed by atoms with van der Waals surface area (Å²) in [7, 11) is 2.92. The normalized spacial score (nSPS) is 10.8. The van der Waals surface area contributed by atoms with E-state index in [1.807, 2.05) is 0 Å². The Balaban J connectivity index is 1.69. The lowest BCUT2D eigenvalue weighted by Gasteiger charge is -2.11. The Hall–Kier alpha value is -4.37. The number of esters is 1. The van der Waals surface area contributed by atoms with Crippen molar-refractivity contribution in [3.05, 3.63) is 82.9 Å². The molecule has 0 atom stereocenters. The number of amides is 2. The van der Waals surface area contributed by atoms with E-state index in [2.05, 4.69) is 15.8 Å². The fraction of sp³-hybridized carbons (Fsp3) is 0.120. The lowest BCUT2D eigenvalue weighted by atomic mass is 10.1. The highest BCUT2D eigenvalue weighted by atomic mass is 35.5. The second-order valence-corrected chi connectivity index (χ2v) is 7.49. The summed E-state index contributed by atoms with van der Waals surface area (Å²) in [4.78, 5) is 37.1. The molecule has 0 saturated heterocycles. The fourth-order valence-electron chi connectivity index (χ4n) is 2.93. The first-order chi connectivity index (χ1) is 16.8. The second kappa shape index (κ2) is 11.7. The Morgan fingerprint density at radius 2 is 1.57 bits per heavy atom. The van der Waals surface area contributed by atoms with Crippen LogP contribution in [0.15, 0.2) is 71.8 Å². The van der Waals surface area contributed by atoms with E-state index < -0.39 is 17.8 Å². The average Bonchev–Trinajstić information content (AvgIpc) is 2.87. The van der Waals surface area contributed by atoms with Crippen LogP contribution in [0.2, 0.25) is 5.02 Å². The predicted molar refractivity (Wildman–Crippen MR) is 131 cm³/mol. The molecule has 0 heterocycles. The molecule has 180 valence electrons. The molecule has 3 rings (SSSR count). The molecule has 0 fully saturated rings. The summed E-state index contributed by atoms with van der Waals surface area (Å²) in [6, 6.07) is 17.6. The minimum atomic E-state index is -1.00. The Bertz CT molecular complexity index is 1270. The number of anilines is 1. The zero-order chi connectivity index (χ0) is 25.4. The molecule has 2 amide bonds. The van der Waals surface area contributed by atoms with Crippen LogP contribution >= 0.6 is 11.6 Å². The van der Waals surface area contributed by atoms with E-state index in [1.54, 1.807) is 73.7 Å². The van der Waals surface area contributed by atoms with Crippen molar-refractivity contribution in [3.8, 4) is 17.2 Å². The molecule has 9 nitrogen and oxygen atoms in total. The number of benzene rings is 3. The van der Waals surface area contributed by atoms with E-state index in [0.717, 1.165) is 0 Å². The van der Waals surface area contributed by atoms with Gasteiger partial charge in [0, 0.05) is 16.7 Å². The molecule has 0 spiro atoms. The van der Waals surface area contributed by atoms with E-state index >= 15 is 0 Å². The van der Waals surface area contributed by atoms with Gasteiger partial charge in [-0.05, 0) is 55.5 Å². The highest BCUT2D eigenvalue weighted by Gasteiger charge is 2.17. The van der Waals surface area contributed by atoms with Gasteiger partial charge >= 0.3 is 17.8 Å². The highest BCUT2D eigenvalue weighted by Crippen LogP contribution is 2.29. The number of methoxy groups -OCH3 is 2. The number of nitrogens with zero attached hydrogens (tertiary/aromatic N) is 1. The van der Waals surface area contributed by atoms with Gasteiger partial charge < -0.3 is 19.5 Å². The van der Waals surface area contributed by atoms with E-state index in [0.29, 0.717) is 33.4 Å². The highest BCUT2D eigenvalue weighted by molar-refractivity contribution is 6.39. The van der Waals surface area contributed by atoms with Crippen molar-refractivity contribution in [3.63, 3.8) is 0 Å². The van der Waals surface area contributed by atoms with E-state index in [9.17, 15) is 14.4 Å². The van der Waals surface area contributed by atoms with Crippen LogP contribution in [0.3, 0.4) is 0 Å². The van der Waals surface area contributed by atoms with Gasteiger partial charge in [-0.3, -0.25) is 9.59 Å². The van der Waals surface area contributed by atoms with Crippen molar-refractivity contribution in [1.82, 2.24) is 5.43 Å². The van der Waals surface area contributed by atoms with Crippen molar-refractivity contribution < 1.29 is 28.6 Å². The Morgan fingerprint density at radius 3 is 2.26 bits per heavy atom.